The highest BCUT2D eigenvalue weighted by Crippen LogP contribution is 2.20. The van der Waals surface area contributed by atoms with E-state index in [1.807, 2.05) is 30.3 Å². The Morgan fingerprint density at radius 1 is 1.27 bits per heavy atom. The van der Waals surface area contributed by atoms with Gasteiger partial charge in [-0.25, -0.2) is 5.43 Å². The maximum atomic E-state index is 11.9. The van der Waals surface area contributed by atoms with Crippen molar-refractivity contribution >= 4 is 34.0 Å². The van der Waals surface area contributed by atoms with Crippen LogP contribution in [0.4, 0.5) is 0 Å². The number of halogens is 1. The standard InChI is InChI=1S/C17H14BrN5O3/c18-14-7-6-13(26-14)17(25)21-20-8-12-9-23(10-15(19)24)22-16(12)11-4-2-1-3-5-11/h1-9H,10H2,(H2,19,24)(H,21,25). The number of hydrazone groups is 1. The molecule has 0 saturated heterocycles. The molecule has 0 atom stereocenters. The van der Waals surface area contributed by atoms with Gasteiger partial charge in [0.15, 0.2) is 10.4 Å². The van der Waals surface area contributed by atoms with Crippen LogP contribution in [0.2, 0.25) is 0 Å². The second-order valence-corrected chi connectivity index (χ2v) is 6.05. The molecule has 3 N–H and O–H groups in total. The summed E-state index contributed by atoms with van der Waals surface area (Å²) in [5.74, 6) is -0.869. The van der Waals surface area contributed by atoms with Crippen LogP contribution >= 0.6 is 15.9 Å². The Labute approximate surface area is 156 Å². The summed E-state index contributed by atoms with van der Waals surface area (Å²) >= 11 is 3.13. The van der Waals surface area contributed by atoms with Gasteiger partial charge in [0, 0.05) is 17.3 Å². The van der Waals surface area contributed by atoms with Crippen LogP contribution < -0.4 is 11.2 Å². The third-order valence-corrected chi connectivity index (χ3v) is 3.75. The predicted octanol–water partition coefficient (Wildman–Crippen LogP) is 2.15. The molecule has 2 amide bonds. The summed E-state index contributed by atoms with van der Waals surface area (Å²) in [5.41, 5.74) is 9.69. The van der Waals surface area contributed by atoms with E-state index >= 15 is 0 Å². The molecule has 9 heteroatoms. The minimum atomic E-state index is -0.507. The molecule has 0 unspecified atom stereocenters. The molecule has 26 heavy (non-hydrogen) atoms. The zero-order valence-corrected chi connectivity index (χ0v) is 15.0. The van der Waals surface area contributed by atoms with Crippen molar-refractivity contribution in [3.05, 3.63) is 64.7 Å². The van der Waals surface area contributed by atoms with Gasteiger partial charge in [-0.1, -0.05) is 30.3 Å². The van der Waals surface area contributed by atoms with Gasteiger partial charge in [-0.3, -0.25) is 14.3 Å². The second kappa shape index (κ2) is 7.79. The molecule has 0 radical (unpaired) electrons. The number of nitrogens with zero attached hydrogens (tertiary/aromatic N) is 3. The smallest absolute Gasteiger partial charge is 0.307 e. The highest BCUT2D eigenvalue weighted by atomic mass is 79.9. The molecule has 0 aliphatic heterocycles. The van der Waals surface area contributed by atoms with Gasteiger partial charge in [0.2, 0.25) is 5.91 Å². The van der Waals surface area contributed by atoms with E-state index in [-0.39, 0.29) is 12.3 Å². The van der Waals surface area contributed by atoms with Crippen LogP contribution in [0, 0.1) is 0 Å². The SMILES string of the molecule is NC(=O)Cn1cc(C=NNC(=O)c2ccc(Br)o2)c(-c2ccccc2)n1. The van der Waals surface area contributed by atoms with Gasteiger partial charge in [0.25, 0.3) is 0 Å². The van der Waals surface area contributed by atoms with Crippen LogP contribution in [-0.4, -0.2) is 27.8 Å². The van der Waals surface area contributed by atoms with Crippen molar-refractivity contribution in [1.29, 1.82) is 0 Å². The average molecular weight is 416 g/mol. The minimum Gasteiger partial charge on any atom is -0.444 e. The predicted molar refractivity (Wildman–Crippen MR) is 98.3 cm³/mol. The van der Waals surface area contributed by atoms with Gasteiger partial charge in [0.1, 0.15) is 12.2 Å². The Kier molecular flexibility index (Phi) is 5.28. The summed E-state index contributed by atoms with van der Waals surface area (Å²) in [6, 6.07) is 12.5. The number of carbonyl (C=O) groups is 2. The lowest BCUT2D eigenvalue weighted by Crippen LogP contribution is -2.18. The molecule has 8 nitrogen and oxygen atoms in total. The highest BCUT2D eigenvalue weighted by molar-refractivity contribution is 9.10. The molecule has 2 heterocycles. The average Bonchev–Trinajstić information content (AvgIpc) is 3.21. The normalized spacial score (nSPS) is 11.0. The fraction of sp³-hybridized carbons (Fsp3) is 0.0588. The Morgan fingerprint density at radius 2 is 2.04 bits per heavy atom. The topological polar surface area (TPSA) is 116 Å². The van der Waals surface area contributed by atoms with Gasteiger partial charge in [-0.15, -0.1) is 0 Å². The number of carbonyl (C=O) groups excluding carboxylic acids is 2. The summed E-state index contributed by atoms with van der Waals surface area (Å²) in [5, 5.41) is 8.30. The third-order valence-electron chi connectivity index (χ3n) is 3.32. The number of hydrogen-bond acceptors (Lipinski definition) is 5. The third kappa shape index (κ3) is 4.25. The van der Waals surface area contributed by atoms with Crippen molar-refractivity contribution in [2.75, 3.05) is 0 Å². The fourth-order valence-corrected chi connectivity index (χ4v) is 2.55. The summed E-state index contributed by atoms with van der Waals surface area (Å²) < 4.78 is 7.03. The Hall–Kier alpha value is -3.20. The van der Waals surface area contributed by atoms with E-state index in [1.54, 1.807) is 12.3 Å². The van der Waals surface area contributed by atoms with E-state index in [4.69, 9.17) is 10.2 Å². The number of nitrogens with two attached hydrogens (primary N) is 1. The van der Waals surface area contributed by atoms with Crippen LogP contribution in [0.1, 0.15) is 16.1 Å². The molecule has 3 aromatic rings. The number of hydrogen-bond donors (Lipinski definition) is 2. The summed E-state index contributed by atoms with van der Waals surface area (Å²) in [7, 11) is 0. The van der Waals surface area contributed by atoms with Crippen LogP contribution in [0.3, 0.4) is 0 Å². The number of nitrogens with one attached hydrogen (secondary N) is 1. The lowest BCUT2D eigenvalue weighted by atomic mass is 10.1. The minimum absolute atomic E-state index is 0.0551. The molecule has 3 rings (SSSR count). The van der Waals surface area contributed by atoms with Crippen molar-refractivity contribution in [3.63, 3.8) is 0 Å². The largest absolute Gasteiger partial charge is 0.444 e. The highest BCUT2D eigenvalue weighted by Gasteiger charge is 2.12. The van der Waals surface area contributed by atoms with E-state index < -0.39 is 11.8 Å². The first kappa shape index (κ1) is 17.6. The van der Waals surface area contributed by atoms with Gasteiger partial charge in [-0.05, 0) is 28.1 Å². The van der Waals surface area contributed by atoms with Gasteiger partial charge in [-0.2, -0.15) is 10.2 Å². The second-order valence-electron chi connectivity index (χ2n) is 5.27. The van der Waals surface area contributed by atoms with Gasteiger partial charge < -0.3 is 10.2 Å². The monoisotopic (exact) mass is 415 g/mol. The number of rotatable bonds is 6. The van der Waals surface area contributed by atoms with Crippen LogP contribution in [0.5, 0.6) is 0 Å². The van der Waals surface area contributed by atoms with E-state index in [2.05, 4.69) is 31.6 Å². The first-order chi connectivity index (χ1) is 12.5. The fourth-order valence-electron chi connectivity index (χ4n) is 2.24. The first-order valence-corrected chi connectivity index (χ1v) is 8.32. The van der Waals surface area contributed by atoms with Crippen LogP contribution in [0.25, 0.3) is 11.3 Å². The Morgan fingerprint density at radius 3 is 2.69 bits per heavy atom. The van der Waals surface area contributed by atoms with E-state index in [9.17, 15) is 9.59 Å². The van der Waals surface area contributed by atoms with Crippen molar-refractivity contribution in [1.82, 2.24) is 15.2 Å². The lowest BCUT2D eigenvalue weighted by molar-refractivity contribution is -0.118. The maximum Gasteiger partial charge on any atom is 0.307 e. The molecule has 0 aliphatic rings. The molecule has 0 aliphatic carbocycles. The summed E-state index contributed by atoms with van der Waals surface area (Å²) in [6.07, 6.45) is 3.08. The summed E-state index contributed by atoms with van der Waals surface area (Å²) in [6.45, 7) is -0.0551. The Balaban J connectivity index is 1.82. The van der Waals surface area contributed by atoms with Crippen molar-refractivity contribution < 1.29 is 14.0 Å². The molecule has 1 aromatic carbocycles. The van der Waals surface area contributed by atoms with Crippen molar-refractivity contribution in [2.24, 2.45) is 10.8 Å². The summed E-state index contributed by atoms with van der Waals surface area (Å²) in [4.78, 5) is 23.1. The van der Waals surface area contributed by atoms with Crippen LogP contribution in [-0.2, 0) is 11.3 Å². The van der Waals surface area contributed by atoms with Gasteiger partial charge >= 0.3 is 5.91 Å². The maximum absolute atomic E-state index is 11.9. The zero-order valence-electron chi connectivity index (χ0n) is 13.4. The first-order valence-electron chi connectivity index (χ1n) is 7.53. The quantitative estimate of drug-likeness (QED) is 0.473. The molecule has 0 bridgehead atoms. The van der Waals surface area contributed by atoms with E-state index in [0.717, 1.165) is 5.56 Å². The number of amides is 2. The molecule has 0 spiro atoms. The lowest BCUT2D eigenvalue weighted by Gasteiger charge is -1.98. The molecular formula is C17H14BrN5O3. The van der Waals surface area contributed by atoms with Crippen LogP contribution in [0.15, 0.2) is 62.8 Å². The van der Waals surface area contributed by atoms with Gasteiger partial charge in [0.05, 0.1) is 6.21 Å². The molecule has 132 valence electrons. The van der Waals surface area contributed by atoms with E-state index in [1.165, 1.54) is 17.0 Å². The zero-order chi connectivity index (χ0) is 18.5. The molecule has 0 saturated carbocycles. The number of primary amides is 1. The molecule has 0 fully saturated rings. The Bertz CT molecular complexity index is 962. The number of furan rings is 1. The number of aromatic nitrogens is 2. The molecular weight excluding hydrogens is 402 g/mol. The van der Waals surface area contributed by atoms with Crippen molar-refractivity contribution in [3.8, 4) is 11.3 Å². The van der Waals surface area contributed by atoms with E-state index in [0.29, 0.717) is 15.9 Å². The molecule has 2 aromatic heterocycles. The number of benzene rings is 1. The van der Waals surface area contributed by atoms with Crippen molar-refractivity contribution in [2.45, 2.75) is 6.54 Å².